The Morgan fingerprint density at radius 2 is 2.41 bits per heavy atom. The molecular weight excluding hydrogens is 240 g/mol. The van der Waals surface area contributed by atoms with Gasteiger partial charge in [0.05, 0.1) is 12.0 Å². The summed E-state index contributed by atoms with van der Waals surface area (Å²) in [6.45, 7) is 0.910. The lowest BCUT2D eigenvalue weighted by Gasteiger charge is -2.06. The van der Waals surface area contributed by atoms with Crippen molar-refractivity contribution < 1.29 is 9.53 Å². The number of aromatic nitrogens is 2. The van der Waals surface area contributed by atoms with Crippen LogP contribution in [0.5, 0.6) is 0 Å². The number of nitrogens with two attached hydrogens (primary N) is 1. The first-order valence-corrected chi connectivity index (χ1v) is 5.93. The van der Waals surface area contributed by atoms with E-state index in [1.54, 1.807) is 11.3 Å². The zero-order chi connectivity index (χ0) is 12.1. The van der Waals surface area contributed by atoms with Crippen molar-refractivity contribution >= 4 is 33.3 Å². The van der Waals surface area contributed by atoms with Gasteiger partial charge in [-0.25, -0.2) is 9.97 Å². The summed E-state index contributed by atoms with van der Waals surface area (Å²) < 4.78 is 5.03. The molecule has 7 heteroatoms. The van der Waals surface area contributed by atoms with Crippen LogP contribution < -0.4 is 11.1 Å². The summed E-state index contributed by atoms with van der Waals surface area (Å²) in [4.78, 5) is 19.7. The highest BCUT2D eigenvalue weighted by Gasteiger charge is 2.03. The third-order valence-corrected chi connectivity index (χ3v) is 2.87. The van der Waals surface area contributed by atoms with Gasteiger partial charge in [0, 0.05) is 6.54 Å². The van der Waals surface area contributed by atoms with Gasteiger partial charge in [-0.05, 0) is 11.4 Å². The largest absolute Gasteiger partial charge is 0.370 e. The van der Waals surface area contributed by atoms with Crippen LogP contribution in [0.3, 0.4) is 0 Å². The lowest BCUT2D eigenvalue weighted by atomic mass is 10.4. The predicted octanol–water partition coefficient (Wildman–Crippen LogP) is 0.605. The van der Waals surface area contributed by atoms with E-state index in [1.807, 2.05) is 11.4 Å². The van der Waals surface area contributed by atoms with Gasteiger partial charge in [0.2, 0.25) is 5.91 Å². The molecule has 0 saturated heterocycles. The number of carbonyl (C=O) groups is 1. The Morgan fingerprint density at radius 3 is 3.24 bits per heavy atom. The molecule has 0 bridgehead atoms. The van der Waals surface area contributed by atoms with Gasteiger partial charge in [-0.2, -0.15) is 0 Å². The maximum absolute atomic E-state index is 10.4. The molecule has 0 spiro atoms. The average Bonchev–Trinajstić information content (AvgIpc) is 2.77. The topological polar surface area (TPSA) is 90.1 Å². The number of thiophene rings is 1. The maximum Gasteiger partial charge on any atom is 0.243 e. The summed E-state index contributed by atoms with van der Waals surface area (Å²) in [5, 5.41) is 6.09. The molecule has 0 fully saturated rings. The van der Waals surface area contributed by atoms with Crippen LogP contribution in [0, 0.1) is 0 Å². The molecule has 3 N–H and O–H groups in total. The number of fused-ring (bicyclic) bond motifs is 1. The van der Waals surface area contributed by atoms with E-state index >= 15 is 0 Å². The number of hydrogen-bond acceptors (Lipinski definition) is 6. The smallest absolute Gasteiger partial charge is 0.243 e. The fourth-order valence-electron chi connectivity index (χ4n) is 1.35. The lowest BCUT2D eigenvalue weighted by molar-refractivity contribution is -0.122. The van der Waals surface area contributed by atoms with Crippen LogP contribution in [-0.4, -0.2) is 35.6 Å². The Morgan fingerprint density at radius 1 is 1.53 bits per heavy atom. The minimum absolute atomic E-state index is 0.0562. The van der Waals surface area contributed by atoms with Crippen molar-refractivity contribution in [3.63, 3.8) is 0 Å². The number of amides is 1. The number of rotatable bonds is 6. The van der Waals surface area contributed by atoms with Gasteiger partial charge in [0.15, 0.2) is 0 Å². The Bertz CT molecular complexity index is 514. The van der Waals surface area contributed by atoms with Crippen molar-refractivity contribution in [1.82, 2.24) is 9.97 Å². The van der Waals surface area contributed by atoms with E-state index in [0.29, 0.717) is 13.2 Å². The second-order valence-electron chi connectivity index (χ2n) is 3.31. The number of hydrogen-bond donors (Lipinski definition) is 2. The van der Waals surface area contributed by atoms with Crippen LogP contribution in [0.15, 0.2) is 17.8 Å². The van der Waals surface area contributed by atoms with Crippen molar-refractivity contribution in [2.75, 3.05) is 25.1 Å². The quantitative estimate of drug-likeness (QED) is 0.735. The number of carbonyl (C=O) groups excluding carboxylic acids is 1. The molecule has 2 aromatic rings. The number of anilines is 1. The molecule has 1 amide bonds. The lowest BCUT2D eigenvalue weighted by Crippen LogP contribution is -2.20. The summed E-state index contributed by atoms with van der Waals surface area (Å²) in [7, 11) is 0. The Labute approximate surface area is 102 Å². The summed E-state index contributed by atoms with van der Waals surface area (Å²) in [5.41, 5.74) is 4.94. The zero-order valence-corrected chi connectivity index (χ0v) is 9.87. The SMILES string of the molecule is NC(=O)COCCNc1ncnc2sccc12. The molecule has 2 heterocycles. The highest BCUT2D eigenvalue weighted by Crippen LogP contribution is 2.23. The minimum atomic E-state index is -0.465. The monoisotopic (exact) mass is 252 g/mol. The van der Waals surface area contributed by atoms with Crippen molar-refractivity contribution in [3.8, 4) is 0 Å². The van der Waals surface area contributed by atoms with E-state index < -0.39 is 5.91 Å². The van der Waals surface area contributed by atoms with Crippen LogP contribution in [-0.2, 0) is 9.53 Å². The van der Waals surface area contributed by atoms with Crippen LogP contribution in [0.2, 0.25) is 0 Å². The van der Waals surface area contributed by atoms with Crippen LogP contribution in [0.1, 0.15) is 0 Å². The first kappa shape index (κ1) is 11.7. The van der Waals surface area contributed by atoms with Gasteiger partial charge in [-0.15, -0.1) is 11.3 Å². The molecule has 2 rings (SSSR count). The molecule has 17 heavy (non-hydrogen) atoms. The third-order valence-electron chi connectivity index (χ3n) is 2.04. The summed E-state index contributed by atoms with van der Waals surface area (Å²) >= 11 is 1.57. The molecular formula is C10H12N4O2S. The van der Waals surface area contributed by atoms with Crippen LogP contribution >= 0.6 is 11.3 Å². The molecule has 90 valence electrons. The maximum atomic E-state index is 10.4. The highest BCUT2D eigenvalue weighted by molar-refractivity contribution is 7.16. The summed E-state index contributed by atoms with van der Waals surface area (Å²) in [5.74, 6) is 0.311. The number of ether oxygens (including phenoxy) is 1. The van der Waals surface area contributed by atoms with Gasteiger partial charge in [-0.3, -0.25) is 4.79 Å². The Hall–Kier alpha value is -1.73. The molecule has 0 unspecified atom stereocenters. The second kappa shape index (κ2) is 5.55. The van der Waals surface area contributed by atoms with E-state index in [0.717, 1.165) is 16.0 Å². The Kier molecular flexibility index (Phi) is 3.84. The third kappa shape index (κ3) is 3.11. The molecule has 2 aromatic heterocycles. The number of nitrogens with zero attached hydrogens (tertiary/aromatic N) is 2. The van der Waals surface area contributed by atoms with Gasteiger partial charge < -0.3 is 15.8 Å². The van der Waals surface area contributed by atoms with Crippen LogP contribution in [0.25, 0.3) is 10.2 Å². The van der Waals surface area contributed by atoms with Crippen molar-refractivity contribution in [2.24, 2.45) is 5.73 Å². The molecule has 0 aliphatic rings. The molecule has 0 aliphatic heterocycles. The molecule has 0 atom stereocenters. The first-order chi connectivity index (χ1) is 8.27. The molecule has 6 nitrogen and oxygen atoms in total. The van der Waals surface area contributed by atoms with E-state index in [1.165, 1.54) is 6.33 Å². The summed E-state index contributed by atoms with van der Waals surface area (Å²) in [6.07, 6.45) is 1.52. The van der Waals surface area contributed by atoms with Gasteiger partial charge in [-0.1, -0.05) is 0 Å². The number of primary amides is 1. The van der Waals surface area contributed by atoms with Crippen molar-refractivity contribution in [3.05, 3.63) is 17.8 Å². The van der Waals surface area contributed by atoms with Crippen molar-refractivity contribution in [1.29, 1.82) is 0 Å². The standard InChI is InChI=1S/C10H12N4O2S/c11-8(15)5-16-3-2-12-9-7-1-4-17-10(7)14-6-13-9/h1,4,6H,2-3,5H2,(H2,11,15)(H,12,13,14). The number of nitrogens with one attached hydrogen (secondary N) is 1. The van der Waals surface area contributed by atoms with Gasteiger partial charge in [0.1, 0.15) is 23.6 Å². The second-order valence-corrected chi connectivity index (χ2v) is 4.20. The first-order valence-electron chi connectivity index (χ1n) is 5.05. The molecule has 0 aromatic carbocycles. The summed E-state index contributed by atoms with van der Waals surface area (Å²) in [6, 6.07) is 1.96. The van der Waals surface area contributed by atoms with E-state index in [2.05, 4.69) is 15.3 Å². The zero-order valence-electron chi connectivity index (χ0n) is 9.05. The van der Waals surface area contributed by atoms with E-state index in [-0.39, 0.29) is 6.61 Å². The van der Waals surface area contributed by atoms with E-state index in [4.69, 9.17) is 10.5 Å². The van der Waals surface area contributed by atoms with Crippen molar-refractivity contribution in [2.45, 2.75) is 0 Å². The fraction of sp³-hybridized carbons (Fsp3) is 0.300. The van der Waals surface area contributed by atoms with Crippen LogP contribution in [0.4, 0.5) is 5.82 Å². The molecule has 0 radical (unpaired) electrons. The predicted molar refractivity (Wildman–Crippen MR) is 65.9 cm³/mol. The minimum Gasteiger partial charge on any atom is -0.370 e. The normalized spacial score (nSPS) is 10.6. The fourth-order valence-corrected chi connectivity index (χ4v) is 2.08. The van der Waals surface area contributed by atoms with E-state index in [9.17, 15) is 4.79 Å². The average molecular weight is 252 g/mol. The van der Waals surface area contributed by atoms with Gasteiger partial charge in [0.25, 0.3) is 0 Å². The van der Waals surface area contributed by atoms with Gasteiger partial charge >= 0.3 is 0 Å². The molecule has 0 aliphatic carbocycles. The highest BCUT2D eigenvalue weighted by atomic mass is 32.1. The Balaban J connectivity index is 1.86. The molecule has 0 saturated carbocycles.